The van der Waals surface area contributed by atoms with Crippen molar-refractivity contribution in [3.05, 3.63) is 29.8 Å². The molecule has 1 saturated heterocycles. The van der Waals surface area contributed by atoms with E-state index in [4.69, 9.17) is 10.5 Å². The third-order valence-corrected chi connectivity index (χ3v) is 5.68. The van der Waals surface area contributed by atoms with Crippen LogP contribution >= 0.6 is 0 Å². The van der Waals surface area contributed by atoms with Gasteiger partial charge in [-0.3, -0.25) is 0 Å². The molecule has 2 aliphatic rings. The molecule has 4 nitrogen and oxygen atoms in total. The highest BCUT2D eigenvalue weighted by molar-refractivity contribution is 5.68. The van der Waals surface area contributed by atoms with E-state index < -0.39 is 5.60 Å². The Morgan fingerprint density at radius 3 is 2.36 bits per heavy atom. The summed E-state index contributed by atoms with van der Waals surface area (Å²) >= 11 is 0. The zero-order valence-electron chi connectivity index (χ0n) is 15.8. The molecular formula is C21H32N2O2. The Bertz CT molecular complexity index is 585. The van der Waals surface area contributed by atoms with Crippen molar-refractivity contribution < 1.29 is 9.53 Å². The van der Waals surface area contributed by atoms with Crippen LogP contribution in [0.4, 0.5) is 10.5 Å². The van der Waals surface area contributed by atoms with Gasteiger partial charge in [0.25, 0.3) is 0 Å². The summed E-state index contributed by atoms with van der Waals surface area (Å²) in [5.74, 6) is 1.75. The Morgan fingerprint density at radius 1 is 1.12 bits per heavy atom. The Kier molecular flexibility index (Phi) is 5.26. The van der Waals surface area contributed by atoms with E-state index in [-0.39, 0.29) is 6.09 Å². The number of ether oxygens (including phenoxy) is 1. The average molecular weight is 344 g/mol. The highest BCUT2D eigenvalue weighted by atomic mass is 16.6. The van der Waals surface area contributed by atoms with Crippen molar-refractivity contribution in [1.29, 1.82) is 0 Å². The highest BCUT2D eigenvalue weighted by Crippen LogP contribution is 2.43. The second kappa shape index (κ2) is 7.27. The quantitative estimate of drug-likeness (QED) is 0.784. The molecule has 0 aromatic heterocycles. The van der Waals surface area contributed by atoms with E-state index in [0.717, 1.165) is 25.2 Å². The monoisotopic (exact) mass is 344 g/mol. The van der Waals surface area contributed by atoms with Gasteiger partial charge in [0.2, 0.25) is 0 Å². The first-order valence-corrected chi connectivity index (χ1v) is 9.67. The number of hydrogen-bond donors (Lipinski definition) is 1. The average Bonchev–Trinajstić information content (AvgIpc) is 3.08. The van der Waals surface area contributed by atoms with E-state index in [1.54, 1.807) is 0 Å². The first kappa shape index (κ1) is 18.1. The summed E-state index contributed by atoms with van der Waals surface area (Å²) in [5.41, 5.74) is 7.61. The molecule has 2 N–H and O–H groups in total. The van der Waals surface area contributed by atoms with Crippen LogP contribution in [0.3, 0.4) is 0 Å². The summed E-state index contributed by atoms with van der Waals surface area (Å²) < 4.78 is 5.62. The lowest BCUT2D eigenvalue weighted by Crippen LogP contribution is -2.46. The fourth-order valence-electron chi connectivity index (χ4n) is 4.49. The van der Waals surface area contributed by atoms with Crippen molar-refractivity contribution in [3.63, 3.8) is 0 Å². The first-order valence-electron chi connectivity index (χ1n) is 9.67. The number of anilines is 1. The van der Waals surface area contributed by atoms with E-state index in [1.165, 1.54) is 31.2 Å². The fourth-order valence-corrected chi connectivity index (χ4v) is 4.49. The molecule has 1 aliphatic heterocycles. The normalized spacial score (nSPS) is 25.2. The third-order valence-electron chi connectivity index (χ3n) is 5.68. The summed E-state index contributed by atoms with van der Waals surface area (Å²) in [6.07, 6.45) is 6.07. The van der Waals surface area contributed by atoms with E-state index in [9.17, 15) is 4.79 Å². The zero-order valence-corrected chi connectivity index (χ0v) is 15.8. The Morgan fingerprint density at radius 2 is 1.76 bits per heavy atom. The van der Waals surface area contributed by atoms with Crippen LogP contribution in [-0.4, -0.2) is 29.7 Å². The first-order chi connectivity index (χ1) is 11.8. The molecule has 1 saturated carbocycles. The number of benzene rings is 1. The van der Waals surface area contributed by atoms with Gasteiger partial charge in [0.1, 0.15) is 5.60 Å². The molecule has 2 fully saturated rings. The maximum Gasteiger partial charge on any atom is 0.410 e. The van der Waals surface area contributed by atoms with Crippen LogP contribution in [0.2, 0.25) is 0 Å². The maximum absolute atomic E-state index is 12.5. The summed E-state index contributed by atoms with van der Waals surface area (Å²) in [6.45, 7) is 7.38. The van der Waals surface area contributed by atoms with Crippen LogP contribution in [0.5, 0.6) is 0 Å². The van der Waals surface area contributed by atoms with Crippen molar-refractivity contribution >= 4 is 11.8 Å². The van der Waals surface area contributed by atoms with Gasteiger partial charge in [-0.2, -0.15) is 0 Å². The number of hydrogen-bond acceptors (Lipinski definition) is 3. The van der Waals surface area contributed by atoms with Gasteiger partial charge in [0.15, 0.2) is 0 Å². The van der Waals surface area contributed by atoms with E-state index in [2.05, 4.69) is 12.1 Å². The number of nitrogens with two attached hydrogens (primary N) is 1. The van der Waals surface area contributed by atoms with Crippen LogP contribution in [0.1, 0.15) is 64.4 Å². The molecule has 0 spiro atoms. The maximum atomic E-state index is 12.5. The predicted octanol–water partition coefficient (Wildman–Crippen LogP) is 4.80. The van der Waals surface area contributed by atoms with Crippen LogP contribution in [0.25, 0.3) is 0 Å². The number of likely N-dealkylation sites (tertiary alicyclic amines) is 1. The third kappa shape index (κ3) is 4.47. The van der Waals surface area contributed by atoms with Crippen LogP contribution in [0, 0.1) is 11.8 Å². The minimum atomic E-state index is -0.437. The predicted molar refractivity (Wildman–Crippen MR) is 101 cm³/mol. The van der Waals surface area contributed by atoms with Crippen molar-refractivity contribution in [2.45, 2.75) is 64.4 Å². The number of piperidine rings is 1. The smallest absolute Gasteiger partial charge is 0.410 e. The lowest BCUT2D eigenvalue weighted by Gasteiger charge is -2.42. The van der Waals surface area contributed by atoms with E-state index in [0.29, 0.717) is 17.8 Å². The Labute approximate surface area is 151 Å². The second-order valence-corrected chi connectivity index (χ2v) is 8.70. The van der Waals surface area contributed by atoms with E-state index >= 15 is 0 Å². The topological polar surface area (TPSA) is 55.6 Å². The Balaban J connectivity index is 1.76. The fraction of sp³-hybridized carbons (Fsp3) is 0.667. The number of amides is 1. The lowest BCUT2D eigenvalue weighted by atomic mass is 9.73. The molecule has 3 rings (SSSR count). The molecule has 1 heterocycles. The lowest BCUT2D eigenvalue weighted by molar-refractivity contribution is 0.0101. The minimum Gasteiger partial charge on any atom is -0.444 e. The van der Waals surface area contributed by atoms with Crippen molar-refractivity contribution in [1.82, 2.24) is 4.90 Å². The minimum absolute atomic E-state index is 0.161. The van der Waals surface area contributed by atoms with Gasteiger partial charge in [-0.25, -0.2) is 4.79 Å². The van der Waals surface area contributed by atoms with Gasteiger partial charge >= 0.3 is 6.09 Å². The highest BCUT2D eigenvalue weighted by Gasteiger charge is 2.39. The van der Waals surface area contributed by atoms with E-state index in [1.807, 2.05) is 37.8 Å². The molecule has 138 valence electrons. The standard InChI is InChI=1S/C21H32N2O2/c1-21(2,3)25-20(24)23-13-12-18(16-8-10-17(22)11-9-16)19(14-23)15-6-4-5-7-15/h8-11,15,18-19H,4-7,12-14,22H2,1-3H3. The van der Waals surface area contributed by atoms with Gasteiger partial charge in [-0.1, -0.05) is 37.8 Å². The molecule has 2 unspecified atom stereocenters. The molecule has 1 amide bonds. The molecule has 2 atom stereocenters. The largest absolute Gasteiger partial charge is 0.444 e. The number of nitrogens with zero attached hydrogens (tertiary/aromatic N) is 1. The molecule has 1 aliphatic carbocycles. The molecule has 25 heavy (non-hydrogen) atoms. The van der Waals surface area contributed by atoms with Gasteiger partial charge in [-0.15, -0.1) is 0 Å². The summed E-state index contributed by atoms with van der Waals surface area (Å²) in [7, 11) is 0. The molecule has 0 bridgehead atoms. The summed E-state index contributed by atoms with van der Waals surface area (Å²) in [6, 6.07) is 8.35. The number of carbonyl (C=O) groups excluding carboxylic acids is 1. The van der Waals surface area contributed by atoms with Gasteiger partial charge < -0.3 is 15.4 Å². The SMILES string of the molecule is CC(C)(C)OC(=O)N1CCC(c2ccc(N)cc2)C(C2CCCC2)C1. The number of rotatable bonds is 2. The van der Waals surface area contributed by atoms with Crippen molar-refractivity contribution in [3.8, 4) is 0 Å². The summed E-state index contributed by atoms with van der Waals surface area (Å²) in [5, 5.41) is 0. The molecule has 4 heteroatoms. The molecule has 1 aromatic carbocycles. The van der Waals surface area contributed by atoms with Gasteiger partial charge in [-0.05, 0) is 62.6 Å². The molecular weight excluding hydrogens is 312 g/mol. The van der Waals surface area contributed by atoms with Gasteiger partial charge in [0, 0.05) is 18.8 Å². The zero-order chi connectivity index (χ0) is 18.0. The molecule has 1 aromatic rings. The Hall–Kier alpha value is -1.71. The second-order valence-electron chi connectivity index (χ2n) is 8.70. The molecule has 0 radical (unpaired) electrons. The van der Waals surface area contributed by atoms with Crippen LogP contribution < -0.4 is 5.73 Å². The van der Waals surface area contributed by atoms with Crippen LogP contribution in [0.15, 0.2) is 24.3 Å². The number of nitrogen functional groups attached to an aromatic ring is 1. The summed E-state index contributed by atoms with van der Waals surface area (Å²) in [4.78, 5) is 14.5. The van der Waals surface area contributed by atoms with Crippen LogP contribution in [-0.2, 0) is 4.74 Å². The van der Waals surface area contributed by atoms with Crippen molar-refractivity contribution in [2.24, 2.45) is 11.8 Å². The van der Waals surface area contributed by atoms with Gasteiger partial charge in [0.05, 0.1) is 0 Å². The number of carbonyl (C=O) groups is 1. The van der Waals surface area contributed by atoms with Crippen molar-refractivity contribution in [2.75, 3.05) is 18.8 Å².